The van der Waals surface area contributed by atoms with E-state index < -0.39 is 11.7 Å². The van der Waals surface area contributed by atoms with Crippen LogP contribution in [-0.2, 0) is 12.6 Å². The number of thiazole rings is 1. The molecule has 0 unspecified atom stereocenters. The molecule has 0 bridgehead atoms. The highest BCUT2D eigenvalue weighted by molar-refractivity contribution is 7.09. The zero-order valence-electron chi connectivity index (χ0n) is 10.3. The third-order valence-electron chi connectivity index (χ3n) is 2.59. The highest BCUT2D eigenvalue weighted by Crippen LogP contribution is 2.29. The maximum Gasteiger partial charge on any atom is 0.416 e. The van der Waals surface area contributed by atoms with Crippen molar-refractivity contribution in [2.45, 2.75) is 19.5 Å². The van der Waals surface area contributed by atoms with Gasteiger partial charge >= 0.3 is 6.18 Å². The molecule has 0 saturated carbocycles. The number of hydrogen-bond acceptors (Lipinski definition) is 3. The van der Waals surface area contributed by atoms with Gasteiger partial charge in [-0.05, 0) is 31.2 Å². The quantitative estimate of drug-likeness (QED) is 0.914. The number of rotatable bonds is 4. The molecule has 6 heteroatoms. The van der Waals surface area contributed by atoms with Gasteiger partial charge in [0.05, 0.1) is 16.3 Å². The van der Waals surface area contributed by atoms with E-state index in [-0.39, 0.29) is 0 Å². The largest absolute Gasteiger partial charge is 0.416 e. The van der Waals surface area contributed by atoms with Crippen LogP contribution in [-0.4, -0.2) is 11.5 Å². The number of nitrogens with one attached hydrogen (secondary N) is 1. The molecule has 0 radical (unpaired) electrons. The van der Waals surface area contributed by atoms with E-state index in [1.807, 2.05) is 12.3 Å². The number of nitrogens with zero attached hydrogens (tertiary/aromatic N) is 1. The van der Waals surface area contributed by atoms with Crippen LogP contribution >= 0.6 is 11.3 Å². The maximum absolute atomic E-state index is 12.4. The van der Waals surface area contributed by atoms with E-state index in [9.17, 15) is 13.2 Å². The number of alkyl halides is 3. The number of hydrogen-bond donors (Lipinski definition) is 1. The van der Waals surface area contributed by atoms with Gasteiger partial charge in [0.1, 0.15) is 0 Å². The molecule has 1 aromatic carbocycles. The Morgan fingerprint density at radius 1 is 1.21 bits per heavy atom. The maximum atomic E-state index is 12.4. The zero-order valence-corrected chi connectivity index (χ0v) is 11.1. The Hall–Kier alpha value is -1.56. The molecule has 1 heterocycles. The molecule has 0 aliphatic carbocycles. The highest BCUT2D eigenvalue weighted by atomic mass is 32.1. The van der Waals surface area contributed by atoms with E-state index in [2.05, 4.69) is 10.3 Å². The topological polar surface area (TPSA) is 24.9 Å². The molecular formula is C13H13F3N2S. The average molecular weight is 286 g/mol. The summed E-state index contributed by atoms with van der Waals surface area (Å²) >= 11 is 1.59. The molecule has 0 aliphatic heterocycles. The van der Waals surface area contributed by atoms with Gasteiger partial charge in [-0.1, -0.05) is 0 Å². The highest BCUT2D eigenvalue weighted by Gasteiger charge is 2.29. The molecule has 2 nitrogen and oxygen atoms in total. The molecule has 1 N–H and O–H groups in total. The number of halogens is 3. The SMILES string of the molecule is Cc1nc(CCNc2ccc(C(F)(F)F)cc2)cs1. The van der Waals surface area contributed by atoms with Crippen LogP contribution in [0.15, 0.2) is 29.6 Å². The van der Waals surface area contributed by atoms with Gasteiger partial charge in [-0.15, -0.1) is 11.3 Å². The van der Waals surface area contributed by atoms with E-state index in [4.69, 9.17) is 0 Å². The van der Waals surface area contributed by atoms with Crippen molar-refractivity contribution >= 4 is 17.0 Å². The lowest BCUT2D eigenvalue weighted by Gasteiger charge is -2.09. The van der Waals surface area contributed by atoms with Gasteiger partial charge in [0.15, 0.2) is 0 Å². The lowest BCUT2D eigenvalue weighted by molar-refractivity contribution is -0.137. The first-order chi connectivity index (χ1) is 8.95. The third kappa shape index (κ3) is 3.96. The Kier molecular flexibility index (Phi) is 4.09. The number of benzene rings is 1. The van der Waals surface area contributed by atoms with Gasteiger partial charge in [-0.3, -0.25) is 0 Å². The second kappa shape index (κ2) is 5.61. The Bertz CT molecular complexity index is 532. The van der Waals surface area contributed by atoms with Crippen molar-refractivity contribution < 1.29 is 13.2 Å². The van der Waals surface area contributed by atoms with E-state index in [0.717, 1.165) is 29.3 Å². The van der Waals surface area contributed by atoms with Crippen LogP contribution in [0.2, 0.25) is 0 Å². The van der Waals surface area contributed by atoms with Crippen LogP contribution in [0.4, 0.5) is 18.9 Å². The first kappa shape index (κ1) is 13.9. The fraction of sp³-hybridized carbons (Fsp3) is 0.308. The molecule has 0 aliphatic rings. The minimum Gasteiger partial charge on any atom is -0.385 e. The Labute approximate surface area is 113 Å². The number of anilines is 1. The van der Waals surface area contributed by atoms with Crippen LogP contribution in [0.5, 0.6) is 0 Å². The second-order valence-electron chi connectivity index (χ2n) is 4.11. The van der Waals surface area contributed by atoms with Crippen LogP contribution in [0.3, 0.4) is 0 Å². The summed E-state index contributed by atoms with van der Waals surface area (Å²) in [5, 5.41) is 6.09. The van der Waals surface area contributed by atoms with Gasteiger partial charge in [0.25, 0.3) is 0 Å². The summed E-state index contributed by atoms with van der Waals surface area (Å²) < 4.78 is 37.1. The summed E-state index contributed by atoms with van der Waals surface area (Å²) in [6, 6.07) is 5.04. The van der Waals surface area contributed by atoms with Crippen LogP contribution in [0, 0.1) is 6.92 Å². The summed E-state index contributed by atoms with van der Waals surface area (Å²) in [5.74, 6) is 0. The normalized spacial score (nSPS) is 11.6. The lowest BCUT2D eigenvalue weighted by Crippen LogP contribution is -2.07. The van der Waals surface area contributed by atoms with Crippen LogP contribution in [0.1, 0.15) is 16.3 Å². The summed E-state index contributed by atoms with van der Waals surface area (Å²) in [7, 11) is 0. The van der Waals surface area contributed by atoms with Gasteiger partial charge in [0.2, 0.25) is 0 Å². The van der Waals surface area contributed by atoms with E-state index >= 15 is 0 Å². The number of aromatic nitrogens is 1. The molecule has 0 atom stereocenters. The fourth-order valence-corrected chi connectivity index (χ4v) is 2.28. The van der Waals surface area contributed by atoms with Crippen molar-refractivity contribution in [2.75, 3.05) is 11.9 Å². The van der Waals surface area contributed by atoms with E-state index in [0.29, 0.717) is 12.2 Å². The minimum absolute atomic E-state index is 0.631. The van der Waals surface area contributed by atoms with Crippen LogP contribution < -0.4 is 5.32 Å². The Morgan fingerprint density at radius 2 is 1.89 bits per heavy atom. The van der Waals surface area contributed by atoms with Gasteiger partial charge in [-0.25, -0.2) is 4.98 Å². The van der Waals surface area contributed by atoms with Crippen molar-refractivity contribution in [3.8, 4) is 0 Å². The molecular weight excluding hydrogens is 273 g/mol. The van der Waals surface area contributed by atoms with Crippen LogP contribution in [0.25, 0.3) is 0 Å². The molecule has 2 aromatic rings. The molecule has 0 saturated heterocycles. The molecule has 0 spiro atoms. The van der Waals surface area contributed by atoms with E-state index in [1.165, 1.54) is 12.1 Å². The van der Waals surface area contributed by atoms with Crippen molar-refractivity contribution in [1.29, 1.82) is 0 Å². The Balaban J connectivity index is 1.86. The summed E-state index contributed by atoms with van der Waals surface area (Å²) in [5.41, 5.74) is 1.05. The monoisotopic (exact) mass is 286 g/mol. The van der Waals surface area contributed by atoms with Crippen molar-refractivity contribution in [1.82, 2.24) is 4.98 Å². The second-order valence-corrected chi connectivity index (χ2v) is 5.17. The smallest absolute Gasteiger partial charge is 0.385 e. The van der Waals surface area contributed by atoms with Gasteiger partial charge in [-0.2, -0.15) is 13.2 Å². The van der Waals surface area contributed by atoms with Crippen molar-refractivity contribution in [3.63, 3.8) is 0 Å². The first-order valence-electron chi connectivity index (χ1n) is 5.77. The zero-order chi connectivity index (χ0) is 13.9. The summed E-state index contributed by atoms with van der Waals surface area (Å²) in [6.45, 7) is 2.59. The van der Waals surface area contributed by atoms with Crippen molar-refractivity contribution in [3.05, 3.63) is 45.9 Å². The standard InChI is InChI=1S/C13H13F3N2S/c1-9-18-12(8-19-9)6-7-17-11-4-2-10(3-5-11)13(14,15)16/h2-5,8,17H,6-7H2,1H3. The predicted octanol–water partition coefficient (Wildman–Crippen LogP) is 4.12. The van der Waals surface area contributed by atoms with Crippen molar-refractivity contribution in [2.24, 2.45) is 0 Å². The summed E-state index contributed by atoms with van der Waals surface area (Å²) in [4.78, 5) is 4.32. The number of aryl methyl sites for hydroxylation is 1. The lowest BCUT2D eigenvalue weighted by atomic mass is 10.2. The molecule has 0 fully saturated rings. The Morgan fingerprint density at radius 3 is 2.42 bits per heavy atom. The summed E-state index contributed by atoms with van der Waals surface area (Å²) in [6.07, 6.45) is -3.53. The predicted molar refractivity (Wildman–Crippen MR) is 70.5 cm³/mol. The minimum atomic E-state index is -4.28. The molecule has 0 amide bonds. The third-order valence-corrected chi connectivity index (χ3v) is 3.41. The fourth-order valence-electron chi connectivity index (χ4n) is 1.64. The first-order valence-corrected chi connectivity index (χ1v) is 6.65. The molecule has 102 valence electrons. The molecule has 19 heavy (non-hydrogen) atoms. The molecule has 1 aromatic heterocycles. The van der Waals surface area contributed by atoms with E-state index in [1.54, 1.807) is 11.3 Å². The van der Waals surface area contributed by atoms with Gasteiger partial charge < -0.3 is 5.32 Å². The average Bonchev–Trinajstić information content (AvgIpc) is 2.75. The van der Waals surface area contributed by atoms with Gasteiger partial charge in [0, 0.05) is 24.0 Å². The molecule has 2 rings (SSSR count).